The Balaban J connectivity index is 1.45. The first-order valence-corrected chi connectivity index (χ1v) is 7.36. The third-order valence-electron chi connectivity index (χ3n) is 3.88. The third-order valence-corrected chi connectivity index (χ3v) is 3.88. The van der Waals surface area contributed by atoms with Gasteiger partial charge in [0.1, 0.15) is 12.1 Å². The zero-order valence-electron chi connectivity index (χ0n) is 12.7. The highest BCUT2D eigenvalue weighted by Gasteiger charge is 2.20. The normalized spacial score (nSPS) is 15.2. The van der Waals surface area contributed by atoms with Crippen molar-refractivity contribution in [2.45, 2.75) is 0 Å². The van der Waals surface area contributed by atoms with Crippen molar-refractivity contribution in [3.63, 3.8) is 0 Å². The number of ether oxygens (including phenoxy) is 1. The maximum absolute atomic E-state index is 5.09. The van der Waals surface area contributed by atoms with Gasteiger partial charge in [0.15, 0.2) is 11.4 Å². The first-order valence-electron chi connectivity index (χ1n) is 7.36. The predicted octanol–water partition coefficient (Wildman–Crippen LogP) is 0.249. The van der Waals surface area contributed by atoms with Crippen molar-refractivity contribution in [2.75, 3.05) is 43.1 Å². The number of aromatic nitrogens is 6. The van der Waals surface area contributed by atoms with Crippen LogP contribution >= 0.6 is 0 Å². The fourth-order valence-corrected chi connectivity index (χ4v) is 2.60. The topological polar surface area (TPSA) is 84.6 Å². The first-order chi connectivity index (χ1) is 11.3. The molecule has 1 saturated heterocycles. The predicted molar refractivity (Wildman–Crippen MR) is 83.8 cm³/mol. The number of rotatable bonds is 3. The van der Waals surface area contributed by atoms with Crippen LogP contribution in [0.2, 0.25) is 0 Å². The molecule has 0 spiro atoms. The highest BCUT2D eigenvalue weighted by Crippen LogP contribution is 2.17. The van der Waals surface area contributed by atoms with Crippen LogP contribution in [-0.2, 0) is 0 Å². The molecular formula is C14H16N8O. The quantitative estimate of drug-likeness (QED) is 0.680. The second-order valence-corrected chi connectivity index (χ2v) is 5.22. The molecule has 1 aliphatic rings. The lowest BCUT2D eigenvalue weighted by molar-refractivity contribution is 0.410. The van der Waals surface area contributed by atoms with Gasteiger partial charge in [-0.3, -0.25) is 0 Å². The van der Waals surface area contributed by atoms with Crippen LogP contribution in [0.5, 0.6) is 5.75 Å². The molecule has 0 aromatic carbocycles. The standard InChI is InChI=1S/C14H16N8O/c1-23-11-8-15-14(16-9-11)21-6-4-20(5-7-21)13-3-2-12-18-17-10-22(12)19-13/h2-3,8-10H,4-7H2,1H3. The first kappa shape index (κ1) is 13.7. The van der Waals surface area contributed by atoms with Crippen molar-refractivity contribution in [1.29, 1.82) is 0 Å². The molecule has 0 radical (unpaired) electrons. The van der Waals surface area contributed by atoms with Gasteiger partial charge in [-0.15, -0.1) is 15.3 Å². The van der Waals surface area contributed by atoms with Crippen molar-refractivity contribution >= 4 is 17.4 Å². The molecule has 3 aromatic heterocycles. The van der Waals surface area contributed by atoms with Crippen molar-refractivity contribution in [1.82, 2.24) is 29.8 Å². The number of nitrogens with zero attached hydrogens (tertiary/aromatic N) is 8. The Hall–Kier alpha value is -2.97. The average Bonchev–Trinajstić information content (AvgIpc) is 3.10. The summed E-state index contributed by atoms with van der Waals surface area (Å²) in [6.45, 7) is 3.40. The Morgan fingerprint density at radius 1 is 1.00 bits per heavy atom. The van der Waals surface area contributed by atoms with E-state index in [1.165, 1.54) is 0 Å². The van der Waals surface area contributed by atoms with E-state index in [4.69, 9.17) is 4.74 Å². The minimum Gasteiger partial charge on any atom is -0.494 e. The summed E-state index contributed by atoms with van der Waals surface area (Å²) in [6.07, 6.45) is 4.99. The summed E-state index contributed by atoms with van der Waals surface area (Å²) in [4.78, 5) is 13.1. The molecule has 0 unspecified atom stereocenters. The van der Waals surface area contributed by atoms with E-state index in [2.05, 4.69) is 35.1 Å². The molecule has 0 bridgehead atoms. The van der Waals surface area contributed by atoms with Crippen LogP contribution in [-0.4, -0.2) is 63.1 Å². The van der Waals surface area contributed by atoms with Crippen LogP contribution in [0.4, 0.5) is 11.8 Å². The maximum atomic E-state index is 5.09. The van der Waals surface area contributed by atoms with E-state index in [1.54, 1.807) is 30.3 Å². The number of hydrogen-bond acceptors (Lipinski definition) is 8. The summed E-state index contributed by atoms with van der Waals surface area (Å²) >= 11 is 0. The van der Waals surface area contributed by atoms with E-state index >= 15 is 0 Å². The van der Waals surface area contributed by atoms with Gasteiger partial charge in [0.2, 0.25) is 5.95 Å². The number of hydrogen-bond donors (Lipinski definition) is 0. The van der Waals surface area contributed by atoms with E-state index in [9.17, 15) is 0 Å². The van der Waals surface area contributed by atoms with Crippen molar-refractivity contribution in [3.05, 3.63) is 30.9 Å². The van der Waals surface area contributed by atoms with Crippen LogP contribution in [0.25, 0.3) is 5.65 Å². The molecule has 0 N–H and O–H groups in total. The summed E-state index contributed by atoms with van der Waals surface area (Å²) in [5.41, 5.74) is 0.749. The van der Waals surface area contributed by atoms with Gasteiger partial charge in [0.25, 0.3) is 0 Å². The van der Waals surface area contributed by atoms with Crippen molar-refractivity contribution in [2.24, 2.45) is 0 Å². The largest absolute Gasteiger partial charge is 0.494 e. The summed E-state index contributed by atoms with van der Waals surface area (Å²) in [5.74, 6) is 2.32. The molecule has 1 fully saturated rings. The smallest absolute Gasteiger partial charge is 0.225 e. The second-order valence-electron chi connectivity index (χ2n) is 5.22. The number of piperazine rings is 1. The summed E-state index contributed by atoms with van der Waals surface area (Å²) in [7, 11) is 1.61. The molecule has 0 aliphatic carbocycles. The van der Waals surface area contributed by atoms with Crippen LogP contribution in [0.3, 0.4) is 0 Å². The van der Waals surface area contributed by atoms with Crippen molar-refractivity contribution in [3.8, 4) is 5.75 Å². The van der Waals surface area contributed by atoms with Gasteiger partial charge in [-0.05, 0) is 12.1 Å². The molecule has 0 saturated carbocycles. The minimum atomic E-state index is 0.666. The van der Waals surface area contributed by atoms with Gasteiger partial charge in [0, 0.05) is 26.2 Å². The van der Waals surface area contributed by atoms with Gasteiger partial charge < -0.3 is 14.5 Å². The molecule has 118 valence electrons. The van der Waals surface area contributed by atoms with Gasteiger partial charge in [0.05, 0.1) is 19.5 Å². The minimum absolute atomic E-state index is 0.666. The third kappa shape index (κ3) is 2.60. The molecule has 9 nitrogen and oxygen atoms in total. The zero-order chi connectivity index (χ0) is 15.6. The fourth-order valence-electron chi connectivity index (χ4n) is 2.60. The molecule has 23 heavy (non-hydrogen) atoms. The Morgan fingerprint density at radius 3 is 2.48 bits per heavy atom. The lowest BCUT2D eigenvalue weighted by Gasteiger charge is -2.35. The summed E-state index contributed by atoms with van der Waals surface area (Å²) in [5, 5.41) is 12.3. The Morgan fingerprint density at radius 2 is 1.74 bits per heavy atom. The van der Waals surface area contributed by atoms with Crippen molar-refractivity contribution < 1.29 is 4.74 Å². The van der Waals surface area contributed by atoms with E-state index in [-0.39, 0.29) is 0 Å². The molecule has 0 atom stereocenters. The van der Waals surface area contributed by atoms with Gasteiger partial charge in [-0.2, -0.15) is 4.52 Å². The van der Waals surface area contributed by atoms with E-state index in [0.29, 0.717) is 5.75 Å². The molecular weight excluding hydrogens is 296 g/mol. The maximum Gasteiger partial charge on any atom is 0.225 e. The molecule has 1 aliphatic heterocycles. The molecule has 4 rings (SSSR count). The molecule has 0 amide bonds. The molecule has 9 heteroatoms. The summed E-state index contributed by atoms with van der Waals surface area (Å²) < 4.78 is 6.78. The Labute approximate surface area is 132 Å². The van der Waals surface area contributed by atoms with Gasteiger partial charge in [-0.1, -0.05) is 0 Å². The fraction of sp³-hybridized carbons (Fsp3) is 0.357. The van der Waals surface area contributed by atoms with E-state index in [1.807, 2.05) is 12.1 Å². The van der Waals surface area contributed by atoms with Crippen LogP contribution in [0.1, 0.15) is 0 Å². The van der Waals surface area contributed by atoms with Crippen LogP contribution in [0.15, 0.2) is 30.9 Å². The summed E-state index contributed by atoms with van der Waals surface area (Å²) in [6, 6.07) is 3.90. The number of methoxy groups -OCH3 is 1. The lowest BCUT2D eigenvalue weighted by atomic mass is 10.3. The zero-order valence-corrected chi connectivity index (χ0v) is 12.7. The Kier molecular flexibility index (Phi) is 3.37. The molecule has 4 heterocycles. The van der Waals surface area contributed by atoms with Crippen LogP contribution in [0, 0.1) is 0 Å². The van der Waals surface area contributed by atoms with E-state index < -0.39 is 0 Å². The average molecular weight is 312 g/mol. The van der Waals surface area contributed by atoms with E-state index in [0.717, 1.165) is 43.6 Å². The number of anilines is 2. The Bertz CT molecular complexity index is 794. The highest BCUT2D eigenvalue weighted by atomic mass is 16.5. The van der Waals surface area contributed by atoms with Crippen LogP contribution < -0.4 is 14.5 Å². The van der Waals surface area contributed by atoms with Gasteiger partial charge >= 0.3 is 0 Å². The second kappa shape index (κ2) is 5.67. The number of fused-ring (bicyclic) bond motifs is 1. The monoisotopic (exact) mass is 312 g/mol. The SMILES string of the molecule is COc1cnc(N2CCN(c3ccc4nncn4n3)CC2)nc1. The van der Waals surface area contributed by atoms with Gasteiger partial charge in [-0.25, -0.2) is 9.97 Å². The molecule has 3 aromatic rings. The lowest BCUT2D eigenvalue weighted by Crippen LogP contribution is -2.47. The highest BCUT2D eigenvalue weighted by molar-refractivity contribution is 5.46.